The Bertz CT molecular complexity index is 328. The van der Waals surface area contributed by atoms with Gasteiger partial charge in [0.1, 0.15) is 5.84 Å². The molecule has 1 aliphatic rings. The van der Waals surface area contributed by atoms with Crippen LogP contribution in [-0.4, -0.2) is 12.4 Å². The molecule has 2 rings (SSSR count). The van der Waals surface area contributed by atoms with Gasteiger partial charge in [-0.15, -0.1) is 0 Å². The molecule has 4 nitrogen and oxygen atoms in total. The van der Waals surface area contributed by atoms with Crippen LogP contribution in [0.25, 0.3) is 0 Å². The fourth-order valence-corrected chi connectivity index (χ4v) is 1.52. The average Bonchev–Trinajstić information content (AvgIpc) is 2.71. The second-order valence-corrected chi connectivity index (χ2v) is 3.34. The Balaban J connectivity index is 2.16. The zero-order chi connectivity index (χ0) is 9.97. The molecule has 14 heavy (non-hydrogen) atoms. The maximum Gasteiger partial charge on any atom is 0.122 e. The van der Waals surface area contributed by atoms with Gasteiger partial charge in [-0.2, -0.15) is 5.48 Å². The van der Waals surface area contributed by atoms with Crippen LogP contribution in [0.4, 0.5) is 0 Å². The molecule has 1 heterocycles. The molecule has 4 N–H and O–H groups in total. The maximum atomic E-state index is 7.25. The van der Waals surface area contributed by atoms with Gasteiger partial charge in [0.25, 0.3) is 0 Å². The number of hydroxylamine groups is 1. The fraction of sp³-hybridized carbons (Fsp3) is 0.300. The minimum atomic E-state index is 0.104. The third-order valence-electron chi connectivity index (χ3n) is 2.36. The summed E-state index contributed by atoms with van der Waals surface area (Å²) in [4.78, 5) is 5.07. The number of hydrogen-bond acceptors (Lipinski definition) is 3. The SMILES string of the molecule is N=C(N)c1ccc(C2CCON2)cc1. The quantitative estimate of drug-likeness (QED) is 0.481. The van der Waals surface area contributed by atoms with E-state index in [1.165, 1.54) is 5.56 Å². The smallest absolute Gasteiger partial charge is 0.122 e. The lowest BCUT2D eigenvalue weighted by molar-refractivity contribution is 0.0883. The van der Waals surface area contributed by atoms with Crippen molar-refractivity contribution < 1.29 is 4.84 Å². The Morgan fingerprint density at radius 2 is 2.14 bits per heavy atom. The lowest BCUT2D eigenvalue weighted by Crippen LogP contribution is -2.13. The van der Waals surface area contributed by atoms with Crippen LogP contribution in [0, 0.1) is 5.41 Å². The van der Waals surface area contributed by atoms with Crippen molar-refractivity contribution >= 4 is 5.84 Å². The Morgan fingerprint density at radius 3 is 2.64 bits per heavy atom. The van der Waals surface area contributed by atoms with Gasteiger partial charge in [0, 0.05) is 5.56 Å². The summed E-state index contributed by atoms with van der Waals surface area (Å²) >= 11 is 0. The van der Waals surface area contributed by atoms with Gasteiger partial charge in [0.2, 0.25) is 0 Å². The number of nitrogens with one attached hydrogen (secondary N) is 2. The van der Waals surface area contributed by atoms with E-state index in [4.69, 9.17) is 16.0 Å². The van der Waals surface area contributed by atoms with Gasteiger partial charge in [-0.1, -0.05) is 24.3 Å². The van der Waals surface area contributed by atoms with Crippen molar-refractivity contribution in [3.05, 3.63) is 35.4 Å². The second kappa shape index (κ2) is 3.77. The summed E-state index contributed by atoms with van der Waals surface area (Å²) in [5, 5.41) is 7.25. The molecule has 0 radical (unpaired) electrons. The lowest BCUT2D eigenvalue weighted by atomic mass is 10.0. The molecule has 0 aromatic heterocycles. The molecule has 1 unspecified atom stereocenters. The van der Waals surface area contributed by atoms with Gasteiger partial charge in [-0.25, -0.2) is 0 Å². The minimum Gasteiger partial charge on any atom is -0.384 e. The first-order chi connectivity index (χ1) is 6.77. The first kappa shape index (κ1) is 9.18. The van der Waals surface area contributed by atoms with Crippen molar-refractivity contribution in [3.63, 3.8) is 0 Å². The number of hydrogen-bond donors (Lipinski definition) is 3. The van der Waals surface area contributed by atoms with Crippen molar-refractivity contribution in [2.24, 2.45) is 5.73 Å². The molecule has 0 amide bonds. The first-order valence-electron chi connectivity index (χ1n) is 4.59. The van der Waals surface area contributed by atoms with Crippen LogP contribution in [0.5, 0.6) is 0 Å². The predicted molar refractivity (Wildman–Crippen MR) is 53.9 cm³/mol. The van der Waals surface area contributed by atoms with Crippen molar-refractivity contribution in [1.29, 1.82) is 5.41 Å². The predicted octanol–water partition coefficient (Wildman–Crippen LogP) is 0.937. The maximum absolute atomic E-state index is 7.25. The summed E-state index contributed by atoms with van der Waals surface area (Å²) in [5.41, 5.74) is 10.2. The monoisotopic (exact) mass is 191 g/mol. The normalized spacial score (nSPS) is 21.0. The van der Waals surface area contributed by atoms with Gasteiger partial charge < -0.3 is 10.6 Å². The number of rotatable bonds is 2. The summed E-state index contributed by atoms with van der Waals surface area (Å²) in [6.45, 7) is 0.749. The first-order valence-corrected chi connectivity index (χ1v) is 4.59. The van der Waals surface area contributed by atoms with Crippen LogP contribution in [0.3, 0.4) is 0 Å². The van der Waals surface area contributed by atoms with Crippen molar-refractivity contribution in [2.75, 3.05) is 6.61 Å². The molecule has 1 aliphatic heterocycles. The zero-order valence-corrected chi connectivity index (χ0v) is 7.79. The molecule has 1 saturated heterocycles. The highest BCUT2D eigenvalue weighted by molar-refractivity contribution is 5.94. The molecule has 4 heteroatoms. The molecular formula is C10H13N3O. The summed E-state index contributed by atoms with van der Waals surface area (Å²) in [6.07, 6.45) is 0.986. The van der Waals surface area contributed by atoms with Gasteiger partial charge in [0.15, 0.2) is 0 Å². The lowest BCUT2D eigenvalue weighted by Gasteiger charge is -2.08. The molecule has 1 aromatic rings. The molecule has 0 bridgehead atoms. The number of benzene rings is 1. The Morgan fingerprint density at radius 1 is 1.43 bits per heavy atom. The van der Waals surface area contributed by atoms with E-state index in [0.29, 0.717) is 0 Å². The molecule has 1 fully saturated rings. The molecule has 1 atom stereocenters. The molecule has 74 valence electrons. The van der Waals surface area contributed by atoms with Crippen LogP contribution in [0.2, 0.25) is 0 Å². The van der Waals surface area contributed by atoms with Crippen LogP contribution in [0.15, 0.2) is 24.3 Å². The highest BCUT2D eigenvalue weighted by Crippen LogP contribution is 2.20. The molecule has 0 saturated carbocycles. The van der Waals surface area contributed by atoms with E-state index in [9.17, 15) is 0 Å². The summed E-state index contributed by atoms with van der Waals surface area (Å²) in [5.74, 6) is 0.104. The standard InChI is InChI=1S/C10H13N3O/c11-10(12)8-3-1-7(2-4-8)9-5-6-14-13-9/h1-4,9,13H,5-6H2,(H3,11,12). The van der Waals surface area contributed by atoms with Crippen LogP contribution in [0.1, 0.15) is 23.6 Å². The van der Waals surface area contributed by atoms with Gasteiger partial charge in [-0.05, 0) is 12.0 Å². The zero-order valence-electron chi connectivity index (χ0n) is 7.79. The van der Waals surface area contributed by atoms with Crippen LogP contribution in [-0.2, 0) is 4.84 Å². The van der Waals surface area contributed by atoms with Gasteiger partial charge >= 0.3 is 0 Å². The van der Waals surface area contributed by atoms with E-state index in [2.05, 4.69) is 5.48 Å². The van der Waals surface area contributed by atoms with Gasteiger partial charge in [0.05, 0.1) is 12.6 Å². The number of nitrogens with two attached hydrogens (primary N) is 1. The highest BCUT2D eigenvalue weighted by Gasteiger charge is 2.16. The third-order valence-corrected chi connectivity index (χ3v) is 2.36. The summed E-state index contributed by atoms with van der Waals surface area (Å²) < 4.78 is 0. The largest absolute Gasteiger partial charge is 0.384 e. The Hall–Kier alpha value is -1.39. The Labute approximate surface area is 82.5 Å². The third kappa shape index (κ3) is 1.76. The van der Waals surface area contributed by atoms with E-state index in [-0.39, 0.29) is 11.9 Å². The van der Waals surface area contributed by atoms with Crippen molar-refractivity contribution in [3.8, 4) is 0 Å². The molecule has 1 aromatic carbocycles. The molecular weight excluding hydrogens is 178 g/mol. The summed E-state index contributed by atoms with van der Waals surface area (Å²) in [6, 6.07) is 7.94. The van der Waals surface area contributed by atoms with Crippen molar-refractivity contribution in [2.45, 2.75) is 12.5 Å². The van der Waals surface area contributed by atoms with Gasteiger partial charge in [-0.3, -0.25) is 5.41 Å². The minimum absolute atomic E-state index is 0.104. The van der Waals surface area contributed by atoms with E-state index in [0.717, 1.165) is 18.6 Å². The van der Waals surface area contributed by atoms with Crippen LogP contribution < -0.4 is 11.2 Å². The fourth-order valence-electron chi connectivity index (χ4n) is 1.52. The van der Waals surface area contributed by atoms with E-state index < -0.39 is 0 Å². The molecule has 0 spiro atoms. The van der Waals surface area contributed by atoms with E-state index in [1.807, 2.05) is 24.3 Å². The second-order valence-electron chi connectivity index (χ2n) is 3.34. The number of amidine groups is 1. The molecule has 0 aliphatic carbocycles. The van der Waals surface area contributed by atoms with Crippen LogP contribution >= 0.6 is 0 Å². The van der Waals surface area contributed by atoms with Crippen molar-refractivity contribution in [1.82, 2.24) is 5.48 Å². The van der Waals surface area contributed by atoms with E-state index in [1.54, 1.807) is 0 Å². The average molecular weight is 191 g/mol. The highest BCUT2D eigenvalue weighted by atomic mass is 16.7. The summed E-state index contributed by atoms with van der Waals surface area (Å²) in [7, 11) is 0. The number of nitrogen functional groups attached to an aromatic ring is 1. The van der Waals surface area contributed by atoms with E-state index >= 15 is 0 Å². The Kier molecular flexibility index (Phi) is 2.47. The topological polar surface area (TPSA) is 71.1 Å².